The fraction of sp³-hybridized carbons (Fsp3) is 0.500. The van der Waals surface area contributed by atoms with Gasteiger partial charge in [-0.25, -0.2) is 9.97 Å². The number of oxazole rings is 1. The lowest BCUT2D eigenvalue weighted by Gasteiger charge is -2.08. The van der Waals surface area contributed by atoms with E-state index < -0.39 is 0 Å². The van der Waals surface area contributed by atoms with Crippen LogP contribution in [0.5, 0.6) is 0 Å². The SMILES string of the molecule is CCc1nc(C)c(C(=O)N[C@@H](C)c2n[nH]c(C)n2)o1. The van der Waals surface area contributed by atoms with Crippen molar-refractivity contribution in [1.82, 2.24) is 25.5 Å². The van der Waals surface area contributed by atoms with E-state index in [0.29, 0.717) is 29.7 Å². The highest BCUT2D eigenvalue weighted by Gasteiger charge is 2.20. The Hall–Kier alpha value is -2.18. The molecule has 0 radical (unpaired) electrons. The van der Waals surface area contributed by atoms with Gasteiger partial charge in [-0.05, 0) is 20.8 Å². The van der Waals surface area contributed by atoms with E-state index in [4.69, 9.17) is 4.42 Å². The van der Waals surface area contributed by atoms with Crippen LogP contribution in [-0.2, 0) is 6.42 Å². The molecule has 0 bridgehead atoms. The summed E-state index contributed by atoms with van der Waals surface area (Å²) in [5.41, 5.74) is 0.590. The maximum atomic E-state index is 12.1. The molecule has 0 fully saturated rings. The summed E-state index contributed by atoms with van der Waals surface area (Å²) in [6, 6.07) is -0.299. The minimum absolute atomic E-state index is 0.246. The number of H-pyrrole nitrogens is 1. The lowest BCUT2D eigenvalue weighted by atomic mass is 10.3. The predicted octanol–water partition coefficient (Wildman–Crippen LogP) is 1.46. The lowest BCUT2D eigenvalue weighted by Crippen LogP contribution is -2.27. The predicted molar refractivity (Wildman–Crippen MR) is 67.6 cm³/mol. The van der Waals surface area contributed by atoms with Gasteiger partial charge in [-0.3, -0.25) is 9.89 Å². The smallest absolute Gasteiger partial charge is 0.289 e. The first-order valence-electron chi connectivity index (χ1n) is 6.17. The van der Waals surface area contributed by atoms with Crippen LogP contribution in [0.3, 0.4) is 0 Å². The van der Waals surface area contributed by atoms with Crippen molar-refractivity contribution >= 4 is 5.91 Å². The maximum Gasteiger partial charge on any atom is 0.289 e. The summed E-state index contributed by atoms with van der Waals surface area (Å²) in [6.45, 7) is 7.29. The van der Waals surface area contributed by atoms with Gasteiger partial charge in [-0.1, -0.05) is 6.92 Å². The van der Waals surface area contributed by atoms with Gasteiger partial charge in [0.2, 0.25) is 5.76 Å². The number of amides is 1. The fourth-order valence-electron chi connectivity index (χ4n) is 1.69. The molecule has 0 aromatic carbocycles. The van der Waals surface area contributed by atoms with Gasteiger partial charge in [0.25, 0.3) is 5.91 Å². The Balaban J connectivity index is 2.10. The molecule has 2 aromatic heterocycles. The molecular weight excluding hydrogens is 246 g/mol. The quantitative estimate of drug-likeness (QED) is 0.870. The van der Waals surface area contributed by atoms with Gasteiger partial charge in [-0.15, -0.1) is 0 Å². The lowest BCUT2D eigenvalue weighted by molar-refractivity contribution is 0.0907. The van der Waals surface area contributed by atoms with Crippen molar-refractivity contribution in [2.75, 3.05) is 0 Å². The van der Waals surface area contributed by atoms with E-state index in [1.165, 1.54) is 0 Å². The van der Waals surface area contributed by atoms with Crippen molar-refractivity contribution in [1.29, 1.82) is 0 Å². The van der Waals surface area contributed by atoms with Crippen LogP contribution in [0.4, 0.5) is 0 Å². The van der Waals surface area contributed by atoms with Crippen LogP contribution >= 0.6 is 0 Å². The molecule has 2 N–H and O–H groups in total. The molecule has 19 heavy (non-hydrogen) atoms. The molecule has 7 heteroatoms. The molecule has 0 spiro atoms. The van der Waals surface area contributed by atoms with E-state index in [0.717, 1.165) is 0 Å². The first-order valence-corrected chi connectivity index (χ1v) is 6.17. The summed E-state index contributed by atoms with van der Waals surface area (Å²) in [6.07, 6.45) is 0.657. The molecule has 7 nitrogen and oxygen atoms in total. The van der Waals surface area contributed by atoms with Crippen LogP contribution in [0.2, 0.25) is 0 Å². The van der Waals surface area contributed by atoms with Crippen LogP contribution in [0.25, 0.3) is 0 Å². The first kappa shape index (κ1) is 13.3. The summed E-state index contributed by atoms with van der Waals surface area (Å²) in [4.78, 5) is 20.4. The number of nitrogens with one attached hydrogen (secondary N) is 2. The number of carbonyl (C=O) groups is 1. The zero-order chi connectivity index (χ0) is 14.0. The Morgan fingerprint density at radius 2 is 2.16 bits per heavy atom. The standard InChI is InChI=1S/C12H17N5O2/c1-5-9-13-6(2)10(19-9)12(18)14-7(3)11-15-8(4)16-17-11/h7H,5H2,1-4H3,(H,14,18)(H,15,16,17)/t7-/m0/s1. The second-order valence-corrected chi connectivity index (χ2v) is 4.35. The average molecular weight is 263 g/mol. The molecule has 0 unspecified atom stereocenters. The van der Waals surface area contributed by atoms with Gasteiger partial charge in [0, 0.05) is 6.42 Å². The van der Waals surface area contributed by atoms with Crippen LogP contribution in [0.15, 0.2) is 4.42 Å². The van der Waals surface area contributed by atoms with Gasteiger partial charge in [0.05, 0.1) is 11.7 Å². The number of aryl methyl sites for hydroxylation is 3. The highest BCUT2D eigenvalue weighted by molar-refractivity contribution is 5.92. The van der Waals surface area contributed by atoms with Crippen molar-refractivity contribution in [3.05, 3.63) is 29.0 Å². The van der Waals surface area contributed by atoms with Crippen LogP contribution < -0.4 is 5.32 Å². The van der Waals surface area contributed by atoms with Crippen molar-refractivity contribution in [3.8, 4) is 0 Å². The number of aromatic nitrogens is 4. The van der Waals surface area contributed by atoms with Crippen molar-refractivity contribution < 1.29 is 9.21 Å². The van der Waals surface area contributed by atoms with Crippen molar-refractivity contribution in [2.45, 2.75) is 40.2 Å². The normalized spacial score (nSPS) is 12.4. The molecule has 1 atom stereocenters. The van der Waals surface area contributed by atoms with Crippen LogP contribution in [-0.4, -0.2) is 26.1 Å². The molecule has 0 saturated heterocycles. The molecule has 102 valence electrons. The number of aromatic amines is 1. The zero-order valence-electron chi connectivity index (χ0n) is 11.4. The van der Waals surface area contributed by atoms with Crippen LogP contribution in [0.1, 0.15) is 53.7 Å². The number of hydrogen-bond donors (Lipinski definition) is 2. The highest BCUT2D eigenvalue weighted by Crippen LogP contribution is 2.13. The van der Waals surface area contributed by atoms with Gasteiger partial charge in [-0.2, -0.15) is 5.10 Å². The number of carbonyl (C=O) groups excluding carboxylic acids is 1. The van der Waals surface area contributed by atoms with Crippen molar-refractivity contribution in [3.63, 3.8) is 0 Å². The molecule has 1 amide bonds. The molecule has 2 rings (SSSR count). The molecular formula is C12H17N5O2. The molecule has 2 aromatic rings. The Morgan fingerprint density at radius 3 is 2.68 bits per heavy atom. The molecule has 0 saturated carbocycles. The third-order valence-corrected chi connectivity index (χ3v) is 2.70. The Bertz CT molecular complexity index is 587. The van der Waals surface area contributed by atoms with E-state index in [9.17, 15) is 4.79 Å². The second kappa shape index (κ2) is 5.21. The third-order valence-electron chi connectivity index (χ3n) is 2.70. The number of rotatable bonds is 4. The maximum absolute atomic E-state index is 12.1. The topological polar surface area (TPSA) is 96.7 Å². The minimum atomic E-state index is -0.306. The Labute approximate surface area is 110 Å². The monoisotopic (exact) mass is 263 g/mol. The molecule has 0 aliphatic carbocycles. The summed E-state index contributed by atoms with van der Waals surface area (Å²) < 4.78 is 5.40. The summed E-state index contributed by atoms with van der Waals surface area (Å²) in [5, 5.41) is 9.53. The van der Waals surface area contributed by atoms with Crippen molar-refractivity contribution in [2.24, 2.45) is 0 Å². The molecule has 0 aliphatic heterocycles. The number of hydrogen-bond acceptors (Lipinski definition) is 5. The Kier molecular flexibility index (Phi) is 3.64. The zero-order valence-corrected chi connectivity index (χ0v) is 11.4. The van der Waals surface area contributed by atoms with Gasteiger partial charge >= 0.3 is 0 Å². The fourth-order valence-corrected chi connectivity index (χ4v) is 1.69. The van der Waals surface area contributed by atoms with E-state index in [2.05, 4.69) is 25.5 Å². The number of nitrogens with zero attached hydrogens (tertiary/aromatic N) is 3. The minimum Gasteiger partial charge on any atom is -0.435 e. The average Bonchev–Trinajstić information content (AvgIpc) is 2.95. The van der Waals surface area contributed by atoms with Gasteiger partial charge < -0.3 is 9.73 Å². The van der Waals surface area contributed by atoms with E-state index in [-0.39, 0.29) is 17.7 Å². The van der Waals surface area contributed by atoms with E-state index >= 15 is 0 Å². The summed E-state index contributed by atoms with van der Waals surface area (Å²) in [5.74, 6) is 1.75. The molecule has 0 aliphatic rings. The Morgan fingerprint density at radius 1 is 1.42 bits per heavy atom. The largest absolute Gasteiger partial charge is 0.435 e. The first-order chi connectivity index (χ1) is 9.01. The van der Waals surface area contributed by atoms with Crippen LogP contribution in [0, 0.1) is 13.8 Å². The van der Waals surface area contributed by atoms with E-state index in [1.54, 1.807) is 13.8 Å². The van der Waals surface area contributed by atoms with Gasteiger partial charge in [0.1, 0.15) is 5.82 Å². The summed E-state index contributed by atoms with van der Waals surface area (Å²) >= 11 is 0. The summed E-state index contributed by atoms with van der Waals surface area (Å²) in [7, 11) is 0. The van der Waals surface area contributed by atoms with Gasteiger partial charge in [0.15, 0.2) is 11.7 Å². The van der Waals surface area contributed by atoms with E-state index in [1.807, 2.05) is 13.8 Å². The second-order valence-electron chi connectivity index (χ2n) is 4.35. The third kappa shape index (κ3) is 2.81. The highest BCUT2D eigenvalue weighted by atomic mass is 16.4. The molecule has 2 heterocycles.